The van der Waals surface area contributed by atoms with Crippen molar-refractivity contribution in [3.63, 3.8) is 0 Å². The largest absolute Gasteiger partial charge is 0.493 e. The van der Waals surface area contributed by atoms with Crippen LogP contribution in [0.1, 0.15) is 11.7 Å². The Bertz CT molecular complexity index is 571. The molecule has 0 saturated heterocycles. The number of aliphatic hydroxyl groups is 1. The predicted molar refractivity (Wildman–Crippen MR) is 79.6 cm³/mol. The maximum absolute atomic E-state index is 9.64. The van der Waals surface area contributed by atoms with Gasteiger partial charge in [0.25, 0.3) is 0 Å². The van der Waals surface area contributed by atoms with Gasteiger partial charge in [-0.25, -0.2) is 0 Å². The molecule has 0 aliphatic carbocycles. The maximum Gasteiger partial charge on any atom is 0.129 e. The van der Waals surface area contributed by atoms with Crippen LogP contribution >= 0.6 is 11.8 Å². The fraction of sp³-hybridized carbons (Fsp3) is 0.250. The van der Waals surface area contributed by atoms with E-state index in [1.54, 1.807) is 11.8 Å². The number of benzene rings is 2. The summed E-state index contributed by atoms with van der Waals surface area (Å²) in [6.07, 6.45) is -0.507. The van der Waals surface area contributed by atoms with E-state index >= 15 is 0 Å². The normalized spacial score (nSPS) is 16.6. The molecule has 0 spiro atoms. The number of ether oxygens (including phenoxy) is 2. The first-order valence-electron chi connectivity index (χ1n) is 6.58. The third kappa shape index (κ3) is 3.08. The van der Waals surface area contributed by atoms with E-state index < -0.39 is 6.10 Å². The molecule has 1 aliphatic heterocycles. The minimum absolute atomic E-state index is 0.336. The molecular formula is C16H16O3S. The van der Waals surface area contributed by atoms with Gasteiger partial charge in [0, 0.05) is 22.3 Å². The standard InChI is InChI=1S/C16H16O3S/c17-15-11-19-16-10-12(6-7-14(15)16)18-8-9-20-13-4-2-1-3-5-13/h1-7,10,15,17H,8-9,11H2. The van der Waals surface area contributed by atoms with Gasteiger partial charge in [0.2, 0.25) is 0 Å². The van der Waals surface area contributed by atoms with E-state index in [1.165, 1.54) is 4.90 Å². The molecule has 0 amide bonds. The maximum atomic E-state index is 9.64. The van der Waals surface area contributed by atoms with Gasteiger partial charge in [0.15, 0.2) is 0 Å². The summed E-state index contributed by atoms with van der Waals surface area (Å²) in [7, 11) is 0. The molecule has 0 saturated carbocycles. The molecule has 1 N–H and O–H groups in total. The number of fused-ring (bicyclic) bond motifs is 1. The lowest BCUT2D eigenvalue weighted by atomic mass is 10.1. The van der Waals surface area contributed by atoms with E-state index in [0.717, 1.165) is 22.8 Å². The summed E-state index contributed by atoms with van der Waals surface area (Å²) in [5.74, 6) is 2.40. The lowest BCUT2D eigenvalue weighted by Gasteiger charge is -2.08. The van der Waals surface area contributed by atoms with E-state index in [1.807, 2.05) is 36.4 Å². The molecule has 3 nitrogen and oxygen atoms in total. The van der Waals surface area contributed by atoms with E-state index in [2.05, 4.69) is 12.1 Å². The Morgan fingerprint density at radius 1 is 1.20 bits per heavy atom. The molecule has 2 aromatic rings. The smallest absolute Gasteiger partial charge is 0.129 e. The van der Waals surface area contributed by atoms with Crippen molar-refractivity contribution in [1.29, 1.82) is 0 Å². The lowest BCUT2D eigenvalue weighted by molar-refractivity contribution is 0.140. The fourth-order valence-corrected chi connectivity index (χ4v) is 2.85. The van der Waals surface area contributed by atoms with Crippen LogP contribution in [0.15, 0.2) is 53.4 Å². The van der Waals surface area contributed by atoms with E-state index in [0.29, 0.717) is 13.2 Å². The molecule has 2 aromatic carbocycles. The van der Waals surface area contributed by atoms with Crippen molar-refractivity contribution in [2.75, 3.05) is 19.0 Å². The van der Waals surface area contributed by atoms with Gasteiger partial charge in [-0.2, -0.15) is 0 Å². The SMILES string of the molecule is OC1COc2cc(OCCSc3ccccc3)ccc21. The first-order valence-corrected chi connectivity index (χ1v) is 7.57. The predicted octanol–water partition coefficient (Wildman–Crippen LogP) is 3.28. The van der Waals surface area contributed by atoms with Crippen LogP contribution in [0.3, 0.4) is 0 Å². The fourth-order valence-electron chi connectivity index (χ4n) is 2.10. The van der Waals surface area contributed by atoms with Crippen molar-refractivity contribution in [3.05, 3.63) is 54.1 Å². The summed E-state index contributed by atoms with van der Waals surface area (Å²) in [5.41, 5.74) is 0.844. The highest BCUT2D eigenvalue weighted by molar-refractivity contribution is 7.99. The van der Waals surface area contributed by atoms with Gasteiger partial charge in [0.1, 0.15) is 24.2 Å². The van der Waals surface area contributed by atoms with Gasteiger partial charge in [-0.15, -0.1) is 11.8 Å². The van der Waals surface area contributed by atoms with Crippen molar-refractivity contribution >= 4 is 11.8 Å². The Balaban J connectivity index is 1.50. The van der Waals surface area contributed by atoms with E-state index in [9.17, 15) is 5.11 Å². The van der Waals surface area contributed by atoms with Crippen molar-refractivity contribution in [3.8, 4) is 11.5 Å². The molecule has 1 atom stereocenters. The number of thioether (sulfide) groups is 1. The van der Waals surface area contributed by atoms with Crippen molar-refractivity contribution in [2.45, 2.75) is 11.0 Å². The molecule has 20 heavy (non-hydrogen) atoms. The first kappa shape index (κ1) is 13.3. The van der Waals surface area contributed by atoms with Crippen LogP contribution in [0, 0.1) is 0 Å². The Morgan fingerprint density at radius 2 is 2.05 bits per heavy atom. The highest BCUT2D eigenvalue weighted by atomic mass is 32.2. The highest BCUT2D eigenvalue weighted by Gasteiger charge is 2.21. The molecule has 0 aromatic heterocycles. The summed E-state index contributed by atoms with van der Waals surface area (Å²) >= 11 is 1.77. The van der Waals surface area contributed by atoms with Crippen LogP contribution in [-0.4, -0.2) is 24.1 Å². The minimum atomic E-state index is -0.507. The Morgan fingerprint density at radius 3 is 2.90 bits per heavy atom. The summed E-state index contributed by atoms with van der Waals surface area (Å²) in [5, 5.41) is 9.64. The second kappa shape index (κ2) is 6.20. The van der Waals surface area contributed by atoms with Gasteiger partial charge < -0.3 is 14.6 Å². The lowest BCUT2D eigenvalue weighted by Crippen LogP contribution is -2.00. The third-order valence-corrected chi connectivity index (χ3v) is 4.08. The van der Waals surface area contributed by atoms with E-state index in [-0.39, 0.29) is 0 Å². The van der Waals surface area contributed by atoms with Gasteiger partial charge in [0.05, 0.1) is 6.61 Å². The van der Waals surface area contributed by atoms with Crippen LogP contribution in [-0.2, 0) is 0 Å². The number of aliphatic hydroxyl groups excluding tert-OH is 1. The zero-order valence-electron chi connectivity index (χ0n) is 11.0. The van der Waals surface area contributed by atoms with Crippen LogP contribution in [0.5, 0.6) is 11.5 Å². The third-order valence-electron chi connectivity index (χ3n) is 3.10. The topological polar surface area (TPSA) is 38.7 Å². The molecule has 0 fully saturated rings. The zero-order valence-corrected chi connectivity index (χ0v) is 11.8. The van der Waals surface area contributed by atoms with Crippen molar-refractivity contribution in [2.24, 2.45) is 0 Å². The van der Waals surface area contributed by atoms with Crippen LogP contribution in [0.2, 0.25) is 0 Å². The van der Waals surface area contributed by atoms with Crippen LogP contribution < -0.4 is 9.47 Å². The molecule has 0 bridgehead atoms. The summed E-state index contributed by atoms with van der Waals surface area (Å²) in [6, 6.07) is 15.9. The average molecular weight is 288 g/mol. The molecule has 3 rings (SSSR count). The van der Waals surface area contributed by atoms with Gasteiger partial charge in [-0.3, -0.25) is 0 Å². The molecular weight excluding hydrogens is 272 g/mol. The first-order chi connectivity index (χ1) is 9.83. The van der Waals surface area contributed by atoms with Crippen LogP contribution in [0.25, 0.3) is 0 Å². The van der Waals surface area contributed by atoms with Crippen LogP contribution in [0.4, 0.5) is 0 Å². The Kier molecular flexibility index (Phi) is 4.14. The van der Waals surface area contributed by atoms with Gasteiger partial charge in [-0.1, -0.05) is 18.2 Å². The Labute approximate surface area is 122 Å². The molecule has 1 unspecified atom stereocenters. The summed E-state index contributed by atoms with van der Waals surface area (Å²) < 4.78 is 11.1. The molecule has 1 heterocycles. The monoisotopic (exact) mass is 288 g/mol. The molecule has 1 aliphatic rings. The molecule has 4 heteroatoms. The molecule has 104 valence electrons. The molecule has 0 radical (unpaired) electrons. The second-order valence-electron chi connectivity index (χ2n) is 4.54. The van der Waals surface area contributed by atoms with Crippen molar-refractivity contribution in [1.82, 2.24) is 0 Å². The summed E-state index contributed by atoms with van der Waals surface area (Å²) in [4.78, 5) is 1.25. The Hall–Kier alpha value is -1.65. The van der Waals surface area contributed by atoms with Gasteiger partial charge >= 0.3 is 0 Å². The van der Waals surface area contributed by atoms with Gasteiger partial charge in [-0.05, 0) is 24.3 Å². The second-order valence-corrected chi connectivity index (χ2v) is 5.70. The zero-order chi connectivity index (χ0) is 13.8. The quantitative estimate of drug-likeness (QED) is 0.677. The van der Waals surface area contributed by atoms with Crippen molar-refractivity contribution < 1.29 is 14.6 Å². The van der Waals surface area contributed by atoms with E-state index in [4.69, 9.17) is 9.47 Å². The highest BCUT2D eigenvalue weighted by Crippen LogP contribution is 2.35. The minimum Gasteiger partial charge on any atom is -0.493 e. The number of hydrogen-bond acceptors (Lipinski definition) is 4. The number of hydrogen-bond donors (Lipinski definition) is 1. The summed E-state index contributed by atoms with van der Waals surface area (Å²) in [6.45, 7) is 0.976. The number of rotatable bonds is 5. The average Bonchev–Trinajstić information content (AvgIpc) is 2.86.